The summed E-state index contributed by atoms with van der Waals surface area (Å²) in [5.74, 6) is -0.317. The number of aromatic amines is 1. The number of nitrogens with one attached hydrogen (secondary N) is 2. The number of anilines is 1. The van der Waals surface area contributed by atoms with Crippen molar-refractivity contribution in [2.45, 2.75) is 0 Å². The molecule has 0 saturated carbocycles. The highest BCUT2D eigenvalue weighted by molar-refractivity contribution is 9.11. The van der Waals surface area contributed by atoms with Crippen LogP contribution in [0.4, 0.5) is 5.95 Å². The molecule has 0 spiro atoms. The van der Waals surface area contributed by atoms with Crippen molar-refractivity contribution in [2.24, 2.45) is 0 Å². The Morgan fingerprint density at radius 2 is 2.25 bits per heavy atom. The number of halogens is 2. The van der Waals surface area contributed by atoms with Crippen molar-refractivity contribution in [3.8, 4) is 0 Å². The van der Waals surface area contributed by atoms with Gasteiger partial charge in [0.25, 0.3) is 11.9 Å². The smallest absolute Gasteiger partial charge is 0.277 e. The lowest BCUT2D eigenvalue weighted by atomic mass is 10.3. The minimum atomic E-state index is -0.416. The van der Waals surface area contributed by atoms with Gasteiger partial charge in [-0.3, -0.25) is 10.1 Å². The molecule has 2 aromatic heterocycles. The number of rotatable bonds is 2. The Morgan fingerprint density at radius 1 is 1.44 bits per heavy atom. The standard InChI is InChI=1S/C7H4Br2N6O/c8-3-1-4(9)5(10-2-3)6(16)11-7-12-14-15-13-7/h1-2H,(H2,11,12,13,14,15,16). The second-order valence-electron chi connectivity index (χ2n) is 2.67. The average Bonchev–Trinajstić information content (AvgIpc) is 2.70. The zero-order valence-electron chi connectivity index (χ0n) is 7.61. The van der Waals surface area contributed by atoms with Crippen molar-refractivity contribution >= 4 is 43.7 Å². The molecule has 0 aromatic carbocycles. The molecule has 0 unspecified atom stereocenters. The minimum absolute atomic E-state index is 0.0987. The van der Waals surface area contributed by atoms with Crippen LogP contribution in [0.1, 0.15) is 10.5 Å². The zero-order chi connectivity index (χ0) is 11.5. The summed E-state index contributed by atoms with van der Waals surface area (Å²) < 4.78 is 1.35. The van der Waals surface area contributed by atoms with E-state index in [2.05, 4.69) is 62.8 Å². The number of carbonyl (C=O) groups is 1. The molecule has 0 aliphatic heterocycles. The first-order valence-corrected chi connectivity index (χ1v) is 5.61. The third-order valence-corrected chi connectivity index (χ3v) is 2.63. The highest BCUT2D eigenvalue weighted by Crippen LogP contribution is 2.19. The van der Waals surface area contributed by atoms with Crippen LogP contribution in [0.5, 0.6) is 0 Å². The molecule has 1 amide bonds. The Bertz CT molecular complexity index is 514. The SMILES string of the molecule is O=C(Nc1nn[nH]n1)c1ncc(Br)cc1Br. The molecule has 7 nitrogen and oxygen atoms in total. The number of tetrazole rings is 1. The van der Waals surface area contributed by atoms with Crippen molar-refractivity contribution < 1.29 is 4.79 Å². The van der Waals surface area contributed by atoms with E-state index in [0.29, 0.717) is 4.47 Å². The maximum Gasteiger partial charge on any atom is 0.277 e. The number of nitrogens with zero attached hydrogens (tertiary/aromatic N) is 4. The molecule has 2 aromatic rings. The van der Waals surface area contributed by atoms with Crippen LogP contribution in [0.2, 0.25) is 0 Å². The van der Waals surface area contributed by atoms with Gasteiger partial charge < -0.3 is 0 Å². The maximum atomic E-state index is 11.7. The van der Waals surface area contributed by atoms with Gasteiger partial charge in [0.1, 0.15) is 5.69 Å². The second kappa shape index (κ2) is 4.66. The average molecular weight is 348 g/mol. The zero-order valence-corrected chi connectivity index (χ0v) is 10.8. The largest absolute Gasteiger partial charge is 0.286 e. The summed E-state index contributed by atoms with van der Waals surface area (Å²) >= 11 is 6.48. The molecule has 82 valence electrons. The van der Waals surface area contributed by atoms with Crippen LogP contribution in [0.25, 0.3) is 0 Å². The number of carbonyl (C=O) groups excluding carboxylic acids is 1. The van der Waals surface area contributed by atoms with Gasteiger partial charge in [-0.25, -0.2) is 4.98 Å². The van der Waals surface area contributed by atoms with E-state index in [1.807, 2.05) is 0 Å². The van der Waals surface area contributed by atoms with Gasteiger partial charge in [0, 0.05) is 10.7 Å². The third kappa shape index (κ3) is 2.42. The van der Waals surface area contributed by atoms with E-state index >= 15 is 0 Å². The van der Waals surface area contributed by atoms with Crippen molar-refractivity contribution in [1.29, 1.82) is 0 Å². The summed E-state index contributed by atoms with van der Waals surface area (Å²) in [7, 11) is 0. The van der Waals surface area contributed by atoms with Crippen LogP contribution in [-0.4, -0.2) is 31.5 Å². The van der Waals surface area contributed by atoms with Gasteiger partial charge in [-0.2, -0.15) is 5.21 Å². The van der Waals surface area contributed by atoms with Crippen LogP contribution < -0.4 is 5.32 Å². The lowest BCUT2D eigenvalue weighted by Crippen LogP contribution is -2.15. The minimum Gasteiger partial charge on any atom is -0.286 e. The van der Waals surface area contributed by atoms with Gasteiger partial charge in [-0.05, 0) is 43.1 Å². The van der Waals surface area contributed by atoms with Gasteiger partial charge in [-0.15, -0.1) is 5.10 Å². The number of pyridine rings is 1. The topological polar surface area (TPSA) is 96.5 Å². The summed E-state index contributed by atoms with van der Waals surface area (Å²) in [5.41, 5.74) is 0.244. The number of hydrogen-bond donors (Lipinski definition) is 2. The number of amides is 1. The van der Waals surface area contributed by atoms with E-state index in [1.54, 1.807) is 6.07 Å². The van der Waals surface area contributed by atoms with E-state index in [1.165, 1.54) is 6.20 Å². The summed E-state index contributed by atoms with van der Waals surface area (Å²) in [4.78, 5) is 15.7. The normalized spacial score (nSPS) is 10.1. The quantitative estimate of drug-likeness (QED) is 0.855. The van der Waals surface area contributed by atoms with Crippen LogP contribution >= 0.6 is 31.9 Å². The molecule has 9 heteroatoms. The maximum absolute atomic E-state index is 11.7. The second-order valence-corrected chi connectivity index (χ2v) is 4.44. The fourth-order valence-corrected chi connectivity index (χ4v) is 2.12. The van der Waals surface area contributed by atoms with Crippen LogP contribution in [0, 0.1) is 0 Å². The molecule has 0 fully saturated rings. The summed E-state index contributed by atoms with van der Waals surface area (Å²) in [6.45, 7) is 0. The molecular weight excluding hydrogens is 344 g/mol. The summed E-state index contributed by atoms with van der Waals surface area (Å²) in [6.07, 6.45) is 1.52. The molecule has 2 rings (SSSR count). The van der Waals surface area contributed by atoms with Gasteiger partial charge in [0.2, 0.25) is 0 Å². The molecular formula is C7H4Br2N6O. The molecule has 0 aliphatic rings. The predicted molar refractivity (Wildman–Crippen MR) is 61.8 cm³/mol. The van der Waals surface area contributed by atoms with Gasteiger partial charge in [-0.1, -0.05) is 5.10 Å². The predicted octanol–water partition coefficient (Wildman–Crippen LogP) is 1.37. The summed E-state index contributed by atoms with van der Waals surface area (Å²) in [6, 6.07) is 1.72. The molecule has 0 saturated heterocycles. The lowest BCUT2D eigenvalue weighted by molar-refractivity contribution is 0.102. The molecule has 2 heterocycles. The number of hydrogen-bond acceptors (Lipinski definition) is 5. The van der Waals surface area contributed by atoms with Crippen molar-refractivity contribution in [2.75, 3.05) is 5.32 Å². The van der Waals surface area contributed by atoms with Crippen molar-refractivity contribution in [3.05, 3.63) is 26.9 Å². The van der Waals surface area contributed by atoms with Crippen molar-refractivity contribution in [1.82, 2.24) is 25.6 Å². The van der Waals surface area contributed by atoms with E-state index in [0.717, 1.165) is 4.47 Å². The van der Waals surface area contributed by atoms with Gasteiger partial charge in [0.15, 0.2) is 0 Å². The number of aromatic nitrogens is 5. The number of H-pyrrole nitrogens is 1. The first-order valence-electron chi connectivity index (χ1n) is 4.02. The van der Waals surface area contributed by atoms with Gasteiger partial charge >= 0.3 is 0 Å². The Balaban J connectivity index is 2.21. The van der Waals surface area contributed by atoms with Crippen molar-refractivity contribution in [3.63, 3.8) is 0 Å². The molecule has 0 radical (unpaired) electrons. The molecule has 2 N–H and O–H groups in total. The van der Waals surface area contributed by atoms with Crippen LogP contribution in [-0.2, 0) is 0 Å². The molecule has 0 bridgehead atoms. The van der Waals surface area contributed by atoms with E-state index in [9.17, 15) is 4.79 Å². The van der Waals surface area contributed by atoms with Crippen LogP contribution in [0.3, 0.4) is 0 Å². The lowest BCUT2D eigenvalue weighted by Gasteiger charge is -2.02. The Morgan fingerprint density at radius 3 is 2.88 bits per heavy atom. The summed E-state index contributed by atoms with van der Waals surface area (Å²) in [5, 5.41) is 15.2. The monoisotopic (exact) mass is 346 g/mol. The molecule has 0 aliphatic carbocycles. The van der Waals surface area contributed by atoms with E-state index in [4.69, 9.17) is 0 Å². The Hall–Kier alpha value is -1.35. The van der Waals surface area contributed by atoms with E-state index < -0.39 is 5.91 Å². The van der Waals surface area contributed by atoms with Gasteiger partial charge in [0.05, 0.1) is 4.47 Å². The highest BCUT2D eigenvalue weighted by atomic mass is 79.9. The Kier molecular flexibility index (Phi) is 3.25. The van der Waals surface area contributed by atoms with Crippen LogP contribution in [0.15, 0.2) is 21.2 Å². The highest BCUT2D eigenvalue weighted by Gasteiger charge is 2.13. The Labute approximate surface area is 106 Å². The first kappa shape index (κ1) is 11.1. The molecule has 0 atom stereocenters. The molecule has 16 heavy (non-hydrogen) atoms. The fraction of sp³-hybridized carbons (Fsp3) is 0. The van der Waals surface area contributed by atoms with E-state index in [-0.39, 0.29) is 11.6 Å². The fourth-order valence-electron chi connectivity index (χ4n) is 0.957. The third-order valence-electron chi connectivity index (χ3n) is 1.59. The first-order chi connectivity index (χ1) is 7.66.